The van der Waals surface area contributed by atoms with Crippen LogP contribution >= 0.6 is 0 Å². The van der Waals surface area contributed by atoms with E-state index in [2.05, 4.69) is 17.4 Å². The van der Waals surface area contributed by atoms with Gasteiger partial charge in [-0.2, -0.15) is 0 Å². The molecule has 0 radical (unpaired) electrons. The van der Waals surface area contributed by atoms with E-state index in [1.165, 1.54) is 16.2 Å². The van der Waals surface area contributed by atoms with Gasteiger partial charge in [0.15, 0.2) is 5.76 Å². The lowest BCUT2D eigenvalue weighted by atomic mass is 10.0. The molecule has 0 fully saturated rings. The largest absolute Gasteiger partial charge is 0.454 e. The first-order valence-electron chi connectivity index (χ1n) is 9.36. The van der Waals surface area contributed by atoms with Crippen LogP contribution in [-0.4, -0.2) is 10.5 Å². The fourth-order valence-electron chi connectivity index (χ4n) is 3.14. The number of hydrogen-bond donors (Lipinski definition) is 1. The van der Waals surface area contributed by atoms with E-state index in [1.54, 1.807) is 30.5 Å². The van der Waals surface area contributed by atoms with E-state index in [4.69, 9.17) is 4.42 Å². The predicted octanol–water partition coefficient (Wildman–Crippen LogP) is 4.33. The number of aromatic nitrogens is 1. The van der Waals surface area contributed by atoms with Gasteiger partial charge in [0.2, 0.25) is 0 Å². The molecule has 4 aromatic rings. The first-order chi connectivity index (χ1) is 14.2. The third-order valence-electron chi connectivity index (χ3n) is 4.61. The Morgan fingerprint density at radius 3 is 2.45 bits per heavy atom. The zero-order valence-corrected chi connectivity index (χ0v) is 15.7. The number of rotatable bonds is 6. The number of anilines is 1. The Morgan fingerprint density at radius 2 is 1.62 bits per heavy atom. The maximum atomic E-state index is 12.7. The molecular formula is C24H20N2O3. The molecule has 0 saturated heterocycles. The fourth-order valence-corrected chi connectivity index (χ4v) is 3.14. The van der Waals surface area contributed by atoms with Crippen molar-refractivity contribution in [2.75, 3.05) is 5.32 Å². The molecule has 0 saturated carbocycles. The Labute approximate surface area is 168 Å². The number of benzene rings is 2. The molecule has 29 heavy (non-hydrogen) atoms. The number of nitrogens with zero attached hydrogens (tertiary/aromatic N) is 1. The molecule has 2 heterocycles. The van der Waals surface area contributed by atoms with E-state index in [-0.39, 0.29) is 23.8 Å². The summed E-state index contributed by atoms with van der Waals surface area (Å²) in [5.74, 6) is 0.427. The lowest BCUT2D eigenvalue weighted by Crippen LogP contribution is -2.18. The molecule has 1 amide bonds. The van der Waals surface area contributed by atoms with Crippen molar-refractivity contribution in [2.45, 2.75) is 13.0 Å². The van der Waals surface area contributed by atoms with Crippen LogP contribution in [0.5, 0.6) is 0 Å². The topological polar surface area (TPSA) is 64.2 Å². The quantitative estimate of drug-likeness (QED) is 0.538. The number of nitrogens with one attached hydrogen (secondary N) is 1. The molecule has 0 aliphatic carbocycles. The van der Waals surface area contributed by atoms with Crippen LogP contribution in [0, 0.1) is 0 Å². The second-order valence-electron chi connectivity index (χ2n) is 6.71. The van der Waals surface area contributed by atoms with Gasteiger partial charge in [-0.05, 0) is 41.8 Å². The summed E-state index contributed by atoms with van der Waals surface area (Å²) in [5, 5.41) is 2.93. The van der Waals surface area contributed by atoms with Gasteiger partial charge < -0.3 is 14.3 Å². The summed E-state index contributed by atoms with van der Waals surface area (Å²) in [7, 11) is 0. The van der Waals surface area contributed by atoms with Crippen LogP contribution in [0.4, 0.5) is 5.69 Å². The number of furan rings is 1. The minimum atomic E-state index is -0.322. The van der Waals surface area contributed by atoms with Crippen molar-refractivity contribution >= 4 is 11.6 Å². The maximum absolute atomic E-state index is 12.7. The van der Waals surface area contributed by atoms with Gasteiger partial charge >= 0.3 is 0 Å². The number of amides is 1. The number of carbonyl (C=O) groups is 1. The van der Waals surface area contributed by atoms with Gasteiger partial charge in [0, 0.05) is 18.0 Å². The molecule has 2 aromatic heterocycles. The number of carbonyl (C=O) groups excluding carboxylic acids is 1. The average molecular weight is 384 g/mol. The molecule has 0 aliphatic heterocycles. The van der Waals surface area contributed by atoms with E-state index < -0.39 is 0 Å². The van der Waals surface area contributed by atoms with Gasteiger partial charge in [-0.3, -0.25) is 9.59 Å². The Balaban J connectivity index is 1.48. The van der Waals surface area contributed by atoms with E-state index >= 15 is 0 Å². The first kappa shape index (κ1) is 18.5. The van der Waals surface area contributed by atoms with Crippen molar-refractivity contribution in [2.24, 2.45) is 0 Å². The second kappa shape index (κ2) is 8.44. The summed E-state index contributed by atoms with van der Waals surface area (Å²) < 4.78 is 7.19. The zero-order chi connectivity index (χ0) is 20.1. The van der Waals surface area contributed by atoms with Crippen molar-refractivity contribution in [3.05, 3.63) is 124 Å². The predicted molar refractivity (Wildman–Crippen MR) is 112 cm³/mol. The van der Waals surface area contributed by atoms with Gasteiger partial charge in [0.25, 0.3) is 11.5 Å². The van der Waals surface area contributed by atoms with Crippen LogP contribution < -0.4 is 10.9 Å². The highest BCUT2D eigenvalue weighted by atomic mass is 16.4. The highest BCUT2D eigenvalue weighted by Crippen LogP contribution is 2.20. The monoisotopic (exact) mass is 384 g/mol. The van der Waals surface area contributed by atoms with E-state index in [1.807, 2.05) is 42.5 Å². The van der Waals surface area contributed by atoms with E-state index in [9.17, 15) is 9.59 Å². The molecule has 2 aromatic carbocycles. The molecule has 0 aliphatic rings. The number of hydrogen-bond acceptors (Lipinski definition) is 3. The summed E-state index contributed by atoms with van der Waals surface area (Å²) in [5.41, 5.74) is 2.82. The molecule has 0 atom stereocenters. The van der Waals surface area contributed by atoms with Crippen molar-refractivity contribution in [1.29, 1.82) is 0 Å². The minimum absolute atomic E-state index is 0.121. The summed E-state index contributed by atoms with van der Waals surface area (Å²) in [6.45, 7) is 0.275. The third-order valence-corrected chi connectivity index (χ3v) is 4.61. The summed E-state index contributed by atoms with van der Waals surface area (Å²) in [6, 6.07) is 26.1. The SMILES string of the molecule is O=C(Nc1ccccc1Cc1ccccc1)c1ccc(Cn2ccccc2=O)o1. The van der Waals surface area contributed by atoms with Crippen molar-refractivity contribution in [1.82, 2.24) is 4.57 Å². The van der Waals surface area contributed by atoms with E-state index in [0.717, 1.165) is 17.7 Å². The Kier molecular flexibility index (Phi) is 5.38. The average Bonchev–Trinajstić information content (AvgIpc) is 3.21. The minimum Gasteiger partial charge on any atom is -0.454 e. The molecule has 0 bridgehead atoms. The molecule has 0 unspecified atom stereocenters. The van der Waals surface area contributed by atoms with Crippen molar-refractivity contribution in [3.8, 4) is 0 Å². The molecule has 5 heteroatoms. The van der Waals surface area contributed by atoms with Crippen LogP contribution in [0.15, 0.2) is 100 Å². The van der Waals surface area contributed by atoms with Crippen LogP contribution in [0.2, 0.25) is 0 Å². The molecule has 1 N–H and O–H groups in total. The van der Waals surface area contributed by atoms with Gasteiger partial charge in [-0.1, -0.05) is 54.6 Å². The summed E-state index contributed by atoms with van der Waals surface area (Å²) in [6.07, 6.45) is 2.40. The zero-order valence-electron chi connectivity index (χ0n) is 15.7. The van der Waals surface area contributed by atoms with Crippen molar-refractivity contribution in [3.63, 3.8) is 0 Å². The normalized spacial score (nSPS) is 10.6. The number of para-hydroxylation sites is 1. The molecule has 4 rings (SSSR count). The van der Waals surface area contributed by atoms with Gasteiger partial charge in [0.1, 0.15) is 5.76 Å². The van der Waals surface area contributed by atoms with Crippen LogP contribution in [0.25, 0.3) is 0 Å². The van der Waals surface area contributed by atoms with E-state index in [0.29, 0.717) is 5.76 Å². The highest BCUT2D eigenvalue weighted by molar-refractivity contribution is 6.02. The van der Waals surface area contributed by atoms with Crippen LogP contribution in [-0.2, 0) is 13.0 Å². The first-order valence-corrected chi connectivity index (χ1v) is 9.36. The standard InChI is InChI=1S/C24H20N2O3/c27-23-12-6-7-15-26(23)17-20-13-14-22(29-20)24(28)25-21-11-5-4-10-19(21)16-18-8-2-1-3-9-18/h1-15H,16-17H2,(H,25,28). The van der Waals surface area contributed by atoms with Crippen LogP contribution in [0.1, 0.15) is 27.4 Å². The molecule has 144 valence electrons. The summed E-state index contributed by atoms with van der Waals surface area (Å²) >= 11 is 0. The second-order valence-corrected chi connectivity index (χ2v) is 6.71. The van der Waals surface area contributed by atoms with Gasteiger partial charge in [-0.15, -0.1) is 0 Å². The fraction of sp³-hybridized carbons (Fsp3) is 0.0833. The van der Waals surface area contributed by atoms with Crippen molar-refractivity contribution < 1.29 is 9.21 Å². The van der Waals surface area contributed by atoms with Gasteiger partial charge in [-0.25, -0.2) is 0 Å². The Hall–Kier alpha value is -3.86. The Morgan fingerprint density at radius 1 is 0.862 bits per heavy atom. The van der Waals surface area contributed by atoms with Crippen LogP contribution in [0.3, 0.4) is 0 Å². The highest BCUT2D eigenvalue weighted by Gasteiger charge is 2.14. The lowest BCUT2D eigenvalue weighted by Gasteiger charge is -2.10. The smallest absolute Gasteiger partial charge is 0.291 e. The lowest BCUT2D eigenvalue weighted by molar-refractivity contribution is 0.0994. The molecule has 0 spiro atoms. The third kappa shape index (κ3) is 4.52. The maximum Gasteiger partial charge on any atom is 0.291 e. The Bertz CT molecular complexity index is 1180. The molecule has 5 nitrogen and oxygen atoms in total. The number of pyridine rings is 1. The molecular weight excluding hydrogens is 364 g/mol. The van der Waals surface area contributed by atoms with Gasteiger partial charge in [0.05, 0.1) is 6.54 Å². The summed E-state index contributed by atoms with van der Waals surface area (Å²) in [4.78, 5) is 24.5.